The second-order valence-electron chi connectivity index (χ2n) is 6.38. The Morgan fingerprint density at radius 1 is 1.25 bits per heavy atom. The number of carbonyl (C=O) groups is 1. The lowest BCUT2D eigenvalue weighted by Crippen LogP contribution is -2.41. The molecule has 1 amide bonds. The number of rotatable bonds is 5. The fourth-order valence-electron chi connectivity index (χ4n) is 3.06. The number of ether oxygens (including phenoxy) is 1. The molecule has 24 heavy (non-hydrogen) atoms. The van der Waals surface area contributed by atoms with E-state index < -0.39 is 0 Å². The Balaban J connectivity index is 1.43. The van der Waals surface area contributed by atoms with Crippen molar-refractivity contribution >= 4 is 5.91 Å². The molecule has 4 heteroatoms. The zero-order valence-electron chi connectivity index (χ0n) is 14.1. The second-order valence-corrected chi connectivity index (χ2v) is 6.38. The molecular weight excluding hydrogens is 300 g/mol. The zero-order chi connectivity index (χ0) is 16.8. The van der Waals surface area contributed by atoms with E-state index in [2.05, 4.69) is 24.0 Å². The summed E-state index contributed by atoms with van der Waals surface area (Å²) in [5.74, 6) is 1.16. The summed E-state index contributed by atoms with van der Waals surface area (Å²) < 4.78 is 6.05. The third kappa shape index (κ3) is 4.57. The summed E-state index contributed by atoms with van der Waals surface area (Å²) in [6.45, 7) is 3.63. The molecule has 1 aromatic carbocycles. The topological polar surface area (TPSA) is 42.4 Å². The number of likely N-dealkylation sites (tertiary alicyclic amines) is 1. The summed E-state index contributed by atoms with van der Waals surface area (Å²) in [6, 6.07) is 12.1. The second kappa shape index (κ2) is 7.95. The summed E-state index contributed by atoms with van der Waals surface area (Å²) in [7, 11) is 0. The molecule has 1 aromatic heterocycles. The first-order valence-electron chi connectivity index (χ1n) is 8.61. The summed E-state index contributed by atoms with van der Waals surface area (Å²) in [5.41, 5.74) is 2.32. The zero-order valence-corrected chi connectivity index (χ0v) is 14.1. The molecule has 0 saturated carbocycles. The van der Waals surface area contributed by atoms with Gasteiger partial charge < -0.3 is 9.64 Å². The smallest absolute Gasteiger partial charge is 0.222 e. The molecule has 2 aromatic rings. The maximum Gasteiger partial charge on any atom is 0.222 e. The monoisotopic (exact) mass is 324 g/mol. The van der Waals surface area contributed by atoms with Crippen LogP contribution >= 0.6 is 0 Å². The SMILES string of the molecule is Cc1cccc(OC2CCN(C(=O)CCc3cccnc3)CC2)c1. The van der Waals surface area contributed by atoms with Gasteiger partial charge in [-0.3, -0.25) is 9.78 Å². The summed E-state index contributed by atoms with van der Waals surface area (Å²) in [4.78, 5) is 18.4. The highest BCUT2D eigenvalue weighted by atomic mass is 16.5. The minimum absolute atomic E-state index is 0.203. The van der Waals surface area contributed by atoms with Crippen LogP contribution in [-0.2, 0) is 11.2 Å². The van der Waals surface area contributed by atoms with E-state index in [9.17, 15) is 4.79 Å². The molecule has 0 radical (unpaired) electrons. The third-order valence-corrected chi connectivity index (χ3v) is 4.44. The van der Waals surface area contributed by atoms with Crippen molar-refractivity contribution in [3.63, 3.8) is 0 Å². The van der Waals surface area contributed by atoms with Gasteiger partial charge in [0.05, 0.1) is 0 Å². The van der Waals surface area contributed by atoms with Gasteiger partial charge in [0.25, 0.3) is 0 Å². The van der Waals surface area contributed by atoms with Crippen molar-refractivity contribution in [1.82, 2.24) is 9.88 Å². The average Bonchev–Trinajstić information content (AvgIpc) is 2.61. The van der Waals surface area contributed by atoms with Gasteiger partial charge in [-0.25, -0.2) is 0 Å². The predicted octanol–water partition coefficient (Wildman–Crippen LogP) is 3.39. The number of nitrogens with zero attached hydrogens (tertiary/aromatic N) is 2. The third-order valence-electron chi connectivity index (χ3n) is 4.44. The molecule has 0 N–H and O–H groups in total. The molecular formula is C20H24N2O2. The number of amides is 1. The van der Waals surface area contributed by atoms with Gasteiger partial charge in [-0.2, -0.15) is 0 Å². The number of piperidine rings is 1. The maximum absolute atomic E-state index is 12.3. The van der Waals surface area contributed by atoms with Crippen molar-refractivity contribution in [1.29, 1.82) is 0 Å². The number of pyridine rings is 1. The first-order chi connectivity index (χ1) is 11.7. The Morgan fingerprint density at radius 3 is 2.79 bits per heavy atom. The summed E-state index contributed by atoms with van der Waals surface area (Å²) >= 11 is 0. The van der Waals surface area contributed by atoms with E-state index in [1.54, 1.807) is 6.20 Å². The molecule has 1 fully saturated rings. The lowest BCUT2D eigenvalue weighted by atomic mass is 10.1. The number of hydrogen-bond donors (Lipinski definition) is 0. The van der Waals surface area contributed by atoms with Crippen LogP contribution in [0.25, 0.3) is 0 Å². The normalized spacial score (nSPS) is 15.3. The van der Waals surface area contributed by atoms with Crippen LogP contribution < -0.4 is 4.74 Å². The van der Waals surface area contributed by atoms with Crippen molar-refractivity contribution in [2.45, 2.75) is 38.7 Å². The van der Waals surface area contributed by atoms with Gasteiger partial charge in [0.15, 0.2) is 0 Å². The van der Waals surface area contributed by atoms with Gasteiger partial charge in [0.2, 0.25) is 5.91 Å². The van der Waals surface area contributed by atoms with Crippen LogP contribution in [-0.4, -0.2) is 35.0 Å². The van der Waals surface area contributed by atoms with Gasteiger partial charge in [-0.05, 0) is 42.7 Å². The fraction of sp³-hybridized carbons (Fsp3) is 0.400. The molecule has 1 aliphatic rings. The lowest BCUT2D eigenvalue weighted by Gasteiger charge is -2.32. The quantitative estimate of drug-likeness (QED) is 0.846. The van der Waals surface area contributed by atoms with Gasteiger partial charge >= 0.3 is 0 Å². The highest BCUT2D eigenvalue weighted by Gasteiger charge is 2.23. The molecule has 4 nitrogen and oxygen atoms in total. The summed E-state index contributed by atoms with van der Waals surface area (Å²) in [5, 5.41) is 0. The first-order valence-corrected chi connectivity index (χ1v) is 8.61. The van der Waals surface area contributed by atoms with Crippen molar-refractivity contribution in [2.75, 3.05) is 13.1 Å². The molecule has 1 aliphatic heterocycles. The first kappa shape index (κ1) is 16.5. The molecule has 0 bridgehead atoms. The Hall–Kier alpha value is -2.36. The van der Waals surface area contributed by atoms with E-state index >= 15 is 0 Å². The van der Waals surface area contributed by atoms with Crippen LogP contribution in [0.2, 0.25) is 0 Å². The van der Waals surface area contributed by atoms with Gasteiger partial charge in [0.1, 0.15) is 11.9 Å². The molecule has 0 spiro atoms. The number of aryl methyl sites for hydroxylation is 2. The van der Waals surface area contributed by atoms with E-state index in [4.69, 9.17) is 4.74 Å². The fourth-order valence-corrected chi connectivity index (χ4v) is 3.06. The van der Waals surface area contributed by atoms with Crippen LogP contribution in [0.4, 0.5) is 0 Å². The number of hydrogen-bond acceptors (Lipinski definition) is 3. The molecule has 126 valence electrons. The van der Waals surface area contributed by atoms with E-state index in [-0.39, 0.29) is 12.0 Å². The maximum atomic E-state index is 12.3. The highest BCUT2D eigenvalue weighted by molar-refractivity contribution is 5.76. The summed E-state index contributed by atoms with van der Waals surface area (Å²) in [6.07, 6.45) is 6.88. The van der Waals surface area contributed by atoms with E-state index in [0.717, 1.165) is 43.7 Å². The van der Waals surface area contributed by atoms with E-state index in [0.29, 0.717) is 6.42 Å². The Morgan fingerprint density at radius 2 is 2.08 bits per heavy atom. The lowest BCUT2D eigenvalue weighted by molar-refractivity contribution is -0.132. The number of aromatic nitrogens is 1. The largest absolute Gasteiger partial charge is 0.490 e. The van der Waals surface area contributed by atoms with Crippen LogP contribution in [0, 0.1) is 6.92 Å². The molecule has 0 atom stereocenters. The van der Waals surface area contributed by atoms with Crippen LogP contribution in [0.5, 0.6) is 5.75 Å². The van der Waals surface area contributed by atoms with Crippen LogP contribution in [0.1, 0.15) is 30.4 Å². The predicted molar refractivity (Wildman–Crippen MR) is 94.0 cm³/mol. The average molecular weight is 324 g/mol. The standard InChI is InChI=1S/C20H24N2O2/c1-16-4-2-6-19(14-16)24-18-9-12-22(13-10-18)20(23)8-7-17-5-3-11-21-15-17/h2-6,11,14-15,18H,7-10,12-13H2,1H3. The van der Waals surface area contributed by atoms with Crippen molar-refractivity contribution < 1.29 is 9.53 Å². The van der Waals surface area contributed by atoms with Crippen molar-refractivity contribution in [2.24, 2.45) is 0 Å². The minimum Gasteiger partial charge on any atom is -0.490 e. The van der Waals surface area contributed by atoms with E-state index in [1.807, 2.05) is 35.4 Å². The molecule has 2 heterocycles. The Labute approximate surface area is 143 Å². The van der Waals surface area contributed by atoms with Crippen molar-refractivity contribution in [3.05, 3.63) is 59.9 Å². The Kier molecular flexibility index (Phi) is 5.47. The van der Waals surface area contributed by atoms with Crippen LogP contribution in [0.15, 0.2) is 48.8 Å². The number of carbonyl (C=O) groups excluding carboxylic acids is 1. The van der Waals surface area contributed by atoms with Gasteiger partial charge in [-0.1, -0.05) is 18.2 Å². The van der Waals surface area contributed by atoms with E-state index in [1.165, 1.54) is 5.56 Å². The minimum atomic E-state index is 0.203. The molecule has 3 rings (SSSR count). The van der Waals surface area contributed by atoms with Gasteiger partial charge in [-0.15, -0.1) is 0 Å². The molecule has 1 saturated heterocycles. The number of benzene rings is 1. The van der Waals surface area contributed by atoms with Crippen molar-refractivity contribution in [3.8, 4) is 5.75 Å². The highest BCUT2D eigenvalue weighted by Crippen LogP contribution is 2.20. The molecule has 0 unspecified atom stereocenters. The Bertz CT molecular complexity index is 664. The van der Waals surface area contributed by atoms with Crippen LogP contribution in [0.3, 0.4) is 0 Å². The van der Waals surface area contributed by atoms with Gasteiger partial charge in [0, 0.05) is 44.7 Å². The molecule has 0 aliphatic carbocycles.